The molecule has 0 aromatic heterocycles. The Balaban J connectivity index is 1.69. The largest absolute Gasteiger partial charge is 0.305 e. The molecule has 1 aliphatic rings. The first kappa shape index (κ1) is 19.2. The van der Waals surface area contributed by atoms with Gasteiger partial charge < -0.3 is 4.90 Å². The Morgan fingerprint density at radius 2 is 1.69 bits per heavy atom. The molecule has 1 heterocycles. The Morgan fingerprint density at radius 1 is 1.00 bits per heavy atom. The molecule has 0 saturated heterocycles. The van der Waals surface area contributed by atoms with Gasteiger partial charge in [-0.25, -0.2) is 8.42 Å². The van der Waals surface area contributed by atoms with Crippen LogP contribution in [0.5, 0.6) is 0 Å². The average molecular weight is 407 g/mol. The number of nitrogens with zero attached hydrogens (tertiary/aromatic N) is 1. The van der Waals surface area contributed by atoms with Crippen LogP contribution in [0, 0.1) is 6.92 Å². The van der Waals surface area contributed by atoms with E-state index in [0.29, 0.717) is 16.8 Å². The molecule has 5 nitrogen and oxygen atoms in total. The minimum Gasteiger partial charge on any atom is -0.305 e. The lowest BCUT2D eigenvalue weighted by Crippen LogP contribution is -2.35. The van der Waals surface area contributed by atoms with Crippen LogP contribution in [0.4, 0.5) is 11.4 Å². The molecule has 0 bridgehead atoms. The van der Waals surface area contributed by atoms with Gasteiger partial charge in [0.2, 0.25) is 0 Å². The molecule has 148 valence electrons. The molecule has 3 aromatic rings. The van der Waals surface area contributed by atoms with Crippen molar-refractivity contribution in [2.24, 2.45) is 0 Å². The molecule has 29 heavy (non-hydrogen) atoms. The summed E-state index contributed by atoms with van der Waals surface area (Å²) in [5.41, 5.74) is 3.43. The fraction of sp³-hybridized carbons (Fsp3) is 0.174. The molecule has 0 saturated carbocycles. The molecule has 0 fully saturated rings. The number of hydrogen-bond acceptors (Lipinski definition) is 3. The second-order valence-electron chi connectivity index (χ2n) is 7.31. The van der Waals surface area contributed by atoms with Crippen molar-refractivity contribution in [3.05, 3.63) is 89.5 Å². The highest BCUT2D eigenvalue weighted by Crippen LogP contribution is 2.33. The van der Waals surface area contributed by atoms with Crippen LogP contribution >= 0.6 is 0 Å². The summed E-state index contributed by atoms with van der Waals surface area (Å²) >= 11 is 0. The van der Waals surface area contributed by atoms with Crippen LogP contribution in [0.2, 0.25) is 0 Å². The maximum Gasteiger partial charge on any atom is 0.262 e. The van der Waals surface area contributed by atoms with Crippen molar-refractivity contribution in [2.45, 2.75) is 31.2 Å². The third-order valence-corrected chi connectivity index (χ3v) is 6.70. The van der Waals surface area contributed by atoms with Gasteiger partial charge in [-0.2, -0.15) is 0 Å². The Hall–Kier alpha value is -3.12. The van der Waals surface area contributed by atoms with Crippen LogP contribution in [-0.2, 0) is 16.4 Å². The molecular weight excluding hydrogens is 384 g/mol. The van der Waals surface area contributed by atoms with Crippen molar-refractivity contribution in [1.82, 2.24) is 0 Å². The minimum atomic E-state index is -3.82. The zero-order valence-electron chi connectivity index (χ0n) is 16.3. The van der Waals surface area contributed by atoms with Crippen molar-refractivity contribution in [1.29, 1.82) is 0 Å². The smallest absolute Gasteiger partial charge is 0.262 e. The van der Waals surface area contributed by atoms with Crippen molar-refractivity contribution < 1.29 is 13.2 Å². The maximum absolute atomic E-state index is 13.3. The van der Waals surface area contributed by atoms with E-state index < -0.39 is 10.0 Å². The number of carbonyl (C=O) groups excluding carboxylic acids is 1. The average Bonchev–Trinajstić information content (AvgIpc) is 3.03. The van der Waals surface area contributed by atoms with Gasteiger partial charge in [-0.1, -0.05) is 42.5 Å². The fourth-order valence-electron chi connectivity index (χ4n) is 3.75. The molecule has 1 N–H and O–H groups in total. The number of sulfonamides is 1. The lowest BCUT2D eigenvalue weighted by molar-refractivity contribution is 0.0981. The van der Waals surface area contributed by atoms with E-state index in [2.05, 4.69) is 4.72 Å². The minimum absolute atomic E-state index is 0.0173. The Labute approximate surface area is 171 Å². The standard InChI is InChI=1S/C23H22N2O3S/c1-16-12-13-19(15-22(16)29(27,28)24-20-9-4-3-5-10-20)23(26)25-17(2)14-18-8-6-7-11-21(18)25/h3-13,15,17,24H,14H2,1-2H3. The van der Waals surface area contributed by atoms with Crippen LogP contribution in [0.3, 0.4) is 0 Å². The second kappa shape index (κ2) is 7.37. The fourth-order valence-corrected chi connectivity index (χ4v) is 5.08. The zero-order valence-corrected chi connectivity index (χ0v) is 17.1. The second-order valence-corrected chi connectivity index (χ2v) is 8.96. The van der Waals surface area contributed by atoms with Gasteiger partial charge in [-0.05, 0) is 61.7 Å². The van der Waals surface area contributed by atoms with E-state index in [1.807, 2.05) is 37.3 Å². The highest BCUT2D eigenvalue weighted by Gasteiger charge is 2.32. The number of anilines is 2. The van der Waals surface area contributed by atoms with Crippen LogP contribution < -0.4 is 9.62 Å². The molecule has 0 aliphatic carbocycles. The molecule has 4 rings (SSSR count). The number of carbonyl (C=O) groups is 1. The van der Waals surface area contributed by atoms with E-state index in [4.69, 9.17) is 0 Å². The summed E-state index contributed by atoms with van der Waals surface area (Å²) in [5.74, 6) is -0.196. The first-order chi connectivity index (χ1) is 13.9. The van der Waals surface area contributed by atoms with E-state index >= 15 is 0 Å². The van der Waals surface area contributed by atoms with Crippen LogP contribution in [0.25, 0.3) is 0 Å². The van der Waals surface area contributed by atoms with E-state index in [1.54, 1.807) is 48.2 Å². The Kier molecular flexibility index (Phi) is 4.88. The SMILES string of the molecule is Cc1ccc(C(=O)N2c3ccccc3CC2C)cc1S(=O)(=O)Nc1ccccc1. The molecular formula is C23H22N2O3S. The summed E-state index contributed by atoms with van der Waals surface area (Å²) in [6, 6.07) is 21.4. The number of benzene rings is 3. The summed E-state index contributed by atoms with van der Waals surface area (Å²) in [6.07, 6.45) is 0.786. The summed E-state index contributed by atoms with van der Waals surface area (Å²) in [7, 11) is -3.82. The van der Waals surface area contributed by atoms with Gasteiger partial charge in [0, 0.05) is 23.0 Å². The number of nitrogens with one attached hydrogen (secondary N) is 1. The predicted octanol–water partition coefficient (Wildman–Crippen LogP) is 4.39. The molecule has 0 spiro atoms. The summed E-state index contributed by atoms with van der Waals surface area (Å²) in [5, 5.41) is 0. The number of fused-ring (bicyclic) bond motifs is 1. The van der Waals surface area contributed by atoms with Gasteiger partial charge in [-0.3, -0.25) is 9.52 Å². The number of para-hydroxylation sites is 2. The predicted molar refractivity (Wildman–Crippen MR) is 115 cm³/mol. The van der Waals surface area contributed by atoms with Crippen LogP contribution in [-0.4, -0.2) is 20.4 Å². The summed E-state index contributed by atoms with van der Waals surface area (Å²) in [4.78, 5) is 15.1. The highest BCUT2D eigenvalue weighted by atomic mass is 32.2. The van der Waals surface area contributed by atoms with Crippen molar-refractivity contribution in [3.8, 4) is 0 Å². The lowest BCUT2D eigenvalue weighted by atomic mass is 10.1. The zero-order chi connectivity index (χ0) is 20.6. The quantitative estimate of drug-likeness (QED) is 0.699. The molecule has 1 amide bonds. The molecule has 1 unspecified atom stereocenters. The monoisotopic (exact) mass is 406 g/mol. The van der Waals surface area contributed by atoms with Crippen molar-refractivity contribution >= 4 is 27.3 Å². The van der Waals surface area contributed by atoms with Crippen LogP contribution in [0.15, 0.2) is 77.7 Å². The topological polar surface area (TPSA) is 66.5 Å². The highest BCUT2D eigenvalue weighted by molar-refractivity contribution is 7.92. The number of hydrogen-bond donors (Lipinski definition) is 1. The van der Waals surface area contributed by atoms with E-state index in [-0.39, 0.29) is 16.8 Å². The van der Waals surface area contributed by atoms with E-state index in [0.717, 1.165) is 17.7 Å². The van der Waals surface area contributed by atoms with Gasteiger partial charge in [0.05, 0.1) is 4.90 Å². The maximum atomic E-state index is 13.3. The lowest BCUT2D eigenvalue weighted by Gasteiger charge is -2.23. The number of aryl methyl sites for hydroxylation is 1. The Bertz CT molecular complexity index is 1170. The third kappa shape index (κ3) is 3.63. The first-order valence-corrected chi connectivity index (χ1v) is 10.9. The van der Waals surface area contributed by atoms with Gasteiger partial charge >= 0.3 is 0 Å². The van der Waals surface area contributed by atoms with Crippen LogP contribution in [0.1, 0.15) is 28.4 Å². The summed E-state index contributed by atoms with van der Waals surface area (Å²) in [6.45, 7) is 3.72. The van der Waals surface area contributed by atoms with Gasteiger partial charge in [0.15, 0.2) is 0 Å². The number of rotatable bonds is 4. The molecule has 3 aromatic carbocycles. The molecule has 1 aliphatic heterocycles. The molecule has 1 atom stereocenters. The third-order valence-electron chi connectivity index (χ3n) is 5.18. The number of amides is 1. The van der Waals surface area contributed by atoms with E-state index in [9.17, 15) is 13.2 Å². The van der Waals surface area contributed by atoms with E-state index in [1.165, 1.54) is 6.07 Å². The van der Waals surface area contributed by atoms with Crippen molar-refractivity contribution in [2.75, 3.05) is 9.62 Å². The summed E-state index contributed by atoms with van der Waals surface area (Å²) < 4.78 is 28.5. The Morgan fingerprint density at radius 3 is 2.45 bits per heavy atom. The van der Waals surface area contributed by atoms with Gasteiger partial charge in [-0.15, -0.1) is 0 Å². The molecule has 0 radical (unpaired) electrons. The van der Waals surface area contributed by atoms with Crippen molar-refractivity contribution in [3.63, 3.8) is 0 Å². The first-order valence-electron chi connectivity index (χ1n) is 9.47. The normalized spacial score (nSPS) is 15.8. The van der Waals surface area contributed by atoms with Gasteiger partial charge in [0.1, 0.15) is 0 Å². The molecule has 6 heteroatoms. The van der Waals surface area contributed by atoms with Gasteiger partial charge in [0.25, 0.3) is 15.9 Å².